The van der Waals surface area contributed by atoms with Crippen LogP contribution in [-0.2, 0) is 6.54 Å². The lowest BCUT2D eigenvalue weighted by molar-refractivity contribution is 0.321. The molecule has 1 aromatic rings. The zero-order valence-electron chi connectivity index (χ0n) is 10.5. The molecule has 2 heterocycles. The summed E-state index contributed by atoms with van der Waals surface area (Å²) in [7, 11) is 0. The van der Waals surface area contributed by atoms with Crippen LogP contribution in [0.3, 0.4) is 0 Å². The van der Waals surface area contributed by atoms with Gasteiger partial charge in [-0.25, -0.2) is 0 Å². The van der Waals surface area contributed by atoms with Crippen molar-refractivity contribution < 1.29 is 0 Å². The minimum Gasteiger partial charge on any atom is -0.303 e. The average Bonchev–Trinajstić information content (AvgIpc) is 2.99. The number of rotatable bonds is 6. The second-order valence-corrected chi connectivity index (χ2v) is 5.21. The second-order valence-electron chi connectivity index (χ2n) is 4.68. The molecule has 2 rings (SSSR count). The third-order valence-electron chi connectivity index (χ3n) is 3.30. The number of likely N-dealkylation sites (tertiary alicyclic amines) is 1. The van der Waals surface area contributed by atoms with Gasteiger partial charge >= 0.3 is 0 Å². The fourth-order valence-electron chi connectivity index (χ4n) is 2.24. The van der Waals surface area contributed by atoms with Crippen molar-refractivity contribution in [3.05, 3.63) is 11.9 Å². The van der Waals surface area contributed by atoms with E-state index in [4.69, 9.17) is 11.6 Å². The summed E-state index contributed by atoms with van der Waals surface area (Å²) in [5.41, 5.74) is 0.898. The summed E-state index contributed by atoms with van der Waals surface area (Å²) in [4.78, 5) is 2.52. The van der Waals surface area contributed by atoms with Crippen LogP contribution in [0.2, 0.25) is 0 Å². The van der Waals surface area contributed by atoms with Gasteiger partial charge in [-0.15, -0.1) is 16.7 Å². The maximum Gasteiger partial charge on any atom is 0.100 e. The number of nitrogens with zero attached hydrogens (tertiary/aromatic N) is 4. The molecule has 96 valence electrons. The third kappa shape index (κ3) is 3.68. The Bertz CT molecular complexity index is 333. The summed E-state index contributed by atoms with van der Waals surface area (Å²) in [5.74, 6) is 0. The largest absolute Gasteiger partial charge is 0.303 e. The molecule has 1 aliphatic heterocycles. The zero-order valence-corrected chi connectivity index (χ0v) is 11.2. The molecule has 1 atom stereocenters. The zero-order chi connectivity index (χ0) is 12.1. The van der Waals surface area contributed by atoms with Crippen LogP contribution in [0.5, 0.6) is 0 Å². The lowest BCUT2D eigenvalue weighted by atomic mass is 10.3. The smallest absolute Gasteiger partial charge is 0.100 e. The van der Waals surface area contributed by atoms with Crippen molar-refractivity contribution in [3.8, 4) is 0 Å². The van der Waals surface area contributed by atoms with E-state index in [1.165, 1.54) is 32.5 Å². The van der Waals surface area contributed by atoms with Gasteiger partial charge in [-0.3, -0.25) is 4.68 Å². The molecule has 1 saturated heterocycles. The van der Waals surface area contributed by atoms with E-state index in [0.29, 0.717) is 0 Å². The molecular formula is C12H21ClN4. The fourth-order valence-corrected chi connectivity index (χ4v) is 2.34. The van der Waals surface area contributed by atoms with Crippen LogP contribution in [0.4, 0.5) is 0 Å². The predicted molar refractivity (Wildman–Crippen MR) is 69.2 cm³/mol. The Balaban J connectivity index is 1.73. The van der Waals surface area contributed by atoms with Gasteiger partial charge in [0, 0.05) is 12.7 Å². The molecule has 5 heteroatoms. The van der Waals surface area contributed by atoms with E-state index in [2.05, 4.69) is 22.1 Å². The van der Waals surface area contributed by atoms with E-state index >= 15 is 0 Å². The first kappa shape index (κ1) is 12.8. The molecule has 0 bridgehead atoms. The van der Waals surface area contributed by atoms with Crippen molar-refractivity contribution in [2.75, 3.05) is 19.6 Å². The van der Waals surface area contributed by atoms with Crippen LogP contribution in [0.15, 0.2) is 6.20 Å². The van der Waals surface area contributed by atoms with Crippen LogP contribution in [0.25, 0.3) is 0 Å². The summed E-state index contributed by atoms with van der Waals surface area (Å²) in [6, 6.07) is 0. The highest BCUT2D eigenvalue weighted by atomic mass is 35.5. The van der Waals surface area contributed by atoms with Crippen molar-refractivity contribution in [1.29, 1.82) is 0 Å². The monoisotopic (exact) mass is 256 g/mol. The molecule has 4 nitrogen and oxygen atoms in total. The van der Waals surface area contributed by atoms with E-state index in [9.17, 15) is 0 Å². The summed E-state index contributed by atoms with van der Waals surface area (Å²) in [6.45, 7) is 6.71. The summed E-state index contributed by atoms with van der Waals surface area (Å²) < 4.78 is 1.91. The molecule has 1 unspecified atom stereocenters. The van der Waals surface area contributed by atoms with Crippen molar-refractivity contribution in [2.45, 2.75) is 44.5 Å². The molecule has 0 aliphatic carbocycles. The molecule has 1 aliphatic rings. The Morgan fingerprint density at radius 2 is 2.12 bits per heavy atom. The first-order valence-electron chi connectivity index (χ1n) is 6.56. The van der Waals surface area contributed by atoms with E-state index in [1.54, 1.807) is 0 Å². The van der Waals surface area contributed by atoms with Crippen molar-refractivity contribution in [3.63, 3.8) is 0 Å². The predicted octanol–water partition coefficient (Wildman–Crippen LogP) is 2.45. The molecule has 1 fully saturated rings. The van der Waals surface area contributed by atoms with Crippen LogP contribution in [0, 0.1) is 0 Å². The lowest BCUT2D eigenvalue weighted by Crippen LogP contribution is -2.21. The maximum atomic E-state index is 6.12. The summed E-state index contributed by atoms with van der Waals surface area (Å²) in [5, 5.41) is 8.22. The Morgan fingerprint density at radius 1 is 1.35 bits per heavy atom. The van der Waals surface area contributed by atoms with Gasteiger partial charge in [-0.2, -0.15) is 0 Å². The number of hydrogen-bond donors (Lipinski definition) is 0. The summed E-state index contributed by atoms with van der Waals surface area (Å²) >= 11 is 6.12. The Morgan fingerprint density at radius 3 is 2.82 bits per heavy atom. The Kier molecular flexibility index (Phi) is 4.80. The van der Waals surface area contributed by atoms with E-state index in [1.807, 2.05) is 10.9 Å². The Hall–Kier alpha value is -0.610. The highest BCUT2D eigenvalue weighted by Gasteiger charge is 2.12. The molecule has 17 heavy (non-hydrogen) atoms. The highest BCUT2D eigenvalue weighted by molar-refractivity contribution is 6.20. The standard InChI is InChI=1S/C12H21ClN4/c1-2-11(13)12-10-17(15-14-12)9-5-8-16-6-3-4-7-16/h10-11H,2-9H2,1H3. The maximum absolute atomic E-state index is 6.12. The molecule has 0 radical (unpaired) electrons. The third-order valence-corrected chi connectivity index (χ3v) is 3.83. The quantitative estimate of drug-likeness (QED) is 0.734. The van der Waals surface area contributed by atoms with Crippen molar-refractivity contribution >= 4 is 11.6 Å². The molecule has 0 aromatic carbocycles. The van der Waals surface area contributed by atoms with Gasteiger partial charge in [0.15, 0.2) is 0 Å². The number of aromatic nitrogens is 3. The van der Waals surface area contributed by atoms with Gasteiger partial charge in [0.25, 0.3) is 0 Å². The van der Waals surface area contributed by atoms with E-state index < -0.39 is 0 Å². The van der Waals surface area contributed by atoms with Gasteiger partial charge < -0.3 is 4.90 Å². The topological polar surface area (TPSA) is 34.0 Å². The fraction of sp³-hybridized carbons (Fsp3) is 0.833. The van der Waals surface area contributed by atoms with Gasteiger partial charge in [-0.1, -0.05) is 12.1 Å². The summed E-state index contributed by atoms with van der Waals surface area (Å²) in [6.07, 6.45) is 6.73. The minimum absolute atomic E-state index is 0.00216. The van der Waals surface area contributed by atoms with Crippen LogP contribution in [-0.4, -0.2) is 39.5 Å². The average molecular weight is 257 g/mol. The van der Waals surface area contributed by atoms with E-state index in [0.717, 1.165) is 25.1 Å². The molecule has 0 amide bonds. The van der Waals surface area contributed by atoms with Gasteiger partial charge in [0.05, 0.1) is 5.38 Å². The molecule has 1 aromatic heterocycles. The molecular weight excluding hydrogens is 236 g/mol. The molecule has 0 spiro atoms. The van der Waals surface area contributed by atoms with Gasteiger partial charge in [0.1, 0.15) is 5.69 Å². The molecule has 0 saturated carbocycles. The first-order valence-corrected chi connectivity index (χ1v) is 6.99. The lowest BCUT2D eigenvalue weighted by Gasteiger charge is -2.13. The number of alkyl halides is 1. The van der Waals surface area contributed by atoms with Gasteiger partial charge in [0.2, 0.25) is 0 Å². The molecule has 0 N–H and O–H groups in total. The number of halogens is 1. The van der Waals surface area contributed by atoms with E-state index in [-0.39, 0.29) is 5.38 Å². The van der Waals surface area contributed by atoms with Gasteiger partial charge in [-0.05, 0) is 45.3 Å². The minimum atomic E-state index is 0.00216. The van der Waals surface area contributed by atoms with Crippen LogP contribution in [0.1, 0.15) is 43.7 Å². The van der Waals surface area contributed by atoms with Crippen LogP contribution < -0.4 is 0 Å². The van der Waals surface area contributed by atoms with Crippen molar-refractivity contribution in [2.24, 2.45) is 0 Å². The first-order chi connectivity index (χ1) is 8.29. The normalized spacial score (nSPS) is 18.7. The van der Waals surface area contributed by atoms with Crippen molar-refractivity contribution in [1.82, 2.24) is 19.9 Å². The highest BCUT2D eigenvalue weighted by Crippen LogP contribution is 2.20. The second kappa shape index (κ2) is 6.36. The Labute approximate surface area is 108 Å². The van der Waals surface area contributed by atoms with Crippen LogP contribution >= 0.6 is 11.6 Å². The SMILES string of the molecule is CCC(Cl)c1cn(CCCN2CCCC2)nn1. The number of aryl methyl sites for hydroxylation is 1. The number of hydrogen-bond acceptors (Lipinski definition) is 3.